The van der Waals surface area contributed by atoms with Gasteiger partial charge in [0.1, 0.15) is 0 Å². The number of hydrogen-bond acceptors (Lipinski definition) is 7. The lowest BCUT2D eigenvalue weighted by Crippen LogP contribution is -2.31. The Morgan fingerprint density at radius 2 is 1.82 bits per heavy atom. The van der Waals surface area contributed by atoms with Gasteiger partial charge in [-0.1, -0.05) is 0 Å². The van der Waals surface area contributed by atoms with Crippen molar-refractivity contribution < 1.29 is 22.8 Å². The number of amides is 2. The zero-order chi connectivity index (χ0) is 21.2. The SMILES string of the molecule is NCC(=O)NCCSc1c(N)cc(C(F)(F)F)cc1NC(=O)CCCCNN. The standard InChI is InChI=1S/C16H25F3N6O2S/c17-16(18,19)10-7-11(21)15(28-6-5-23-14(27)9-20)12(8-10)25-13(26)3-1-2-4-24-22/h7-8,24H,1-6,9,20-22H2,(H,23,27)(H,25,26). The number of hydrogen-bond donors (Lipinski definition) is 6. The Morgan fingerprint density at radius 3 is 2.43 bits per heavy atom. The van der Waals surface area contributed by atoms with Crippen molar-refractivity contribution in [2.45, 2.75) is 30.3 Å². The van der Waals surface area contributed by atoms with E-state index < -0.39 is 17.6 Å². The van der Waals surface area contributed by atoms with Gasteiger partial charge in [0.25, 0.3) is 0 Å². The normalized spacial score (nSPS) is 11.3. The molecule has 0 aliphatic carbocycles. The first-order valence-corrected chi connectivity index (χ1v) is 9.51. The molecule has 8 nitrogen and oxygen atoms in total. The lowest BCUT2D eigenvalue weighted by atomic mass is 10.1. The lowest BCUT2D eigenvalue weighted by Gasteiger charge is -2.17. The van der Waals surface area contributed by atoms with Crippen LogP contribution in [0.25, 0.3) is 0 Å². The van der Waals surface area contributed by atoms with E-state index in [0.29, 0.717) is 30.0 Å². The van der Waals surface area contributed by atoms with Crippen molar-refractivity contribution in [1.29, 1.82) is 0 Å². The average Bonchev–Trinajstić information content (AvgIpc) is 2.62. The fourth-order valence-corrected chi connectivity index (χ4v) is 3.11. The zero-order valence-electron chi connectivity index (χ0n) is 15.2. The second-order valence-electron chi connectivity index (χ2n) is 5.80. The van der Waals surface area contributed by atoms with Crippen molar-refractivity contribution in [3.63, 3.8) is 0 Å². The molecular weight excluding hydrogens is 397 g/mol. The Hall–Kier alpha value is -2.02. The van der Waals surface area contributed by atoms with Crippen LogP contribution in [0.15, 0.2) is 17.0 Å². The minimum Gasteiger partial charge on any atom is -0.398 e. The van der Waals surface area contributed by atoms with E-state index >= 15 is 0 Å². The summed E-state index contributed by atoms with van der Waals surface area (Å²) in [6, 6.07) is 1.68. The van der Waals surface area contributed by atoms with E-state index in [1.165, 1.54) is 0 Å². The van der Waals surface area contributed by atoms with Gasteiger partial charge in [0.05, 0.1) is 22.7 Å². The van der Waals surface area contributed by atoms with E-state index in [9.17, 15) is 22.8 Å². The van der Waals surface area contributed by atoms with Crippen LogP contribution in [0.1, 0.15) is 24.8 Å². The molecule has 1 aromatic carbocycles. The maximum atomic E-state index is 13.1. The first-order chi connectivity index (χ1) is 13.2. The van der Waals surface area contributed by atoms with E-state index in [2.05, 4.69) is 16.1 Å². The van der Waals surface area contributed by atoms with E-state index in [4.69, 9.17) is 17.3 Å². The topological polar surface area (TPSA) is 148 Å². The fourth-order valence-electron chi connectivity index (χ4n) is 2.21. The Balaban J connectivity index is 2.90. The zero-order valence-corrected chi connectivity index (χ0v) is 16.0. The number of rotatable bonds is 11. The highest BCUT2D eigenvalue weighted by molar-refractivity contribution is 7.99. The molecule has 0 heterocycles. The van der Waals surface area contributed by atoms with Crippen LogP contribution in [0, 0.1) is 0 Å². The van der Waals surface area contributed by atoms with Crippen molar-refractivity contribution in [2.75, 3.05) is 36.4 Å². The molecule has 0 spiro atoms. The second kappa shape index (κ2) is 11.7. The largest absolute Gasteiger partial charge is 0.416 e. The number of halogens is 3. The molecule has 0 aliphatic rings. The smallest absolute Gasteiger partial charge is 0.398 e. The third kappa shape index (κ3) is 8.33. The molecular formula is C16H25F3N6O2S. The van der Waals surface area contributed by atoms with Crippen LogP contribution in [-0.2, 0) is 15.8 Å². The Labute approximate surface area is 165 Å². The molecule has 0 aliphatic heterocycles. The number of carbonyl (C=O) groups excluding carboxylic acids is 2. The number of hydrazine groups is 1. The first kappa shape index (κ1) is 24.0. The average molecular weight is 422 g/mol. The fraction of sp³-hybridized carbons (Fsp3) is 0.500. The number of nitrogens with one attached hydrogen (secondary N) is 3. The van der Waals surface area contributed by atoms with Crippen molar-refractivity contribution >= 4 is 35.0 Å². The van der Waals surface area contributed by atoms with Gasteiger partial charge in [-0.15, -0.1) is 11.8 Å². The molecule has 9 N–H and O–H groups in total. The van der Waals surface area contributed by atoms with E-state index in [1.807, 2.05) is 0 Å². The Morgan fingerprint density at radius 1 is 1.11 bits per heavy atom. The van der Waals surface area contributed by atoms with Crippen LogP contribution in [0.5, 0.6) is 0 Å². The quantitative estimate of drug-likeness (QED) is 0.103. The molecule has 0 saturated heterocycles. The lowest BCUT2D eigenvalue weighted by molar-refractivity contribution is -0.137. The summed E-state index contributed by atoms with van der Waals surface area (Å²) in [5.74, 6) is 4.71. The van der Waals surface area contributed by atoms with Crippen LogP contribution in [0.2, 0.25) is 0 Å². The van der Waals surface area contributed by atoms with E-state index in [-0.39, 0.29) is 36.8 Å². The number of nitrogen functional groups attached to an aromatic ring is 1. The molecule has 1 rings (SSSR count). The first-order valence-electron chi connectivity index (χ1n) is 8.52. The maximum Gasteiger partial charge on any atom is 0.416 e. The molecule has 0 saturated carbocycles. The Bertz CT molecular complexity index is 673. The molecule has 1 aromatic rings. The summed E-state index contributed by atoms with van der Waals surface area (Å²) >= 11 is 1.13. The van der Waals surface area contributed by atoms with Crippen LogP contribution < -0.4 is 33.4 Å². The van der Waals surface area contributed by atoms with Gasteiger partial charge < -0.3 is 22.1 Å². The van der Waals surface area contributed by atoms with Crippen molar-refractivity contribution in [3.8, 4) is 0 Å². The summed E-state index contributed by atoms with van der Waals surface area (Å²) in [5, 5.41) is 5.05. The molecule has 0 atom stereocenters. The summed E-state index contributed by atoms with van der Waals surface area (Å²) in [6.45, 7) is 0.619. The van der Waals surface area contributed by atoms with Gasteiger partial charge in [-0.3, -0.25) is 20.9 Å². The molecule has 0 aromatic heterocycles. The van der Waals surface area contributed by atoms with Crippen molar-refractivity contribution in [2.24, 2.45) is 11.6 Å². The van der Waals surface area contributed by atoms with Gasteiger partial charge in [0, 0.05) is 31.0 Å². The third-order valence-corrected chi connectivity index (χ3v) is 4.70. The van der Waals surface area contributed by atoms with Crippen molar-refractivity contribution in [3.05, 3.63) is 17.7 Å². The highest BCUT2D eigenvalue weighted by Crippen LogP contribution is 2.39. The summed E-state index contributed by atoms with van der Waals surface area (Å²) in [4.78, 5) is 23.5. The second-order valence-corrected chi connectivity index (χ2v) is 6.91. The third-order valence-electron chi connectivity index (χ3n) is 3.55. The van der Waals surface area contributed by atoms with E-state index in [0.717, 1.165) is 23.9 Å². The highest BCUT2D eigenvalue weighted by atomic mass is 32.2. The number of benzene rings is 1. The van der Waals surface area contributed by atoms with Gasteiger partial charge in [0.15, 0.2) is 0 Å². The minimum absolute atomic E-state index is 0.00979. The molecule has 0 fully saturated rings. The van der Waals surface area contributed by atoms with Crippen LogP contribution in [-0.4, -0.2) is 37.2 Å². The Kier molecular flexibility index (Phi) is 10.1. The van der Waals surface area contributed by atoms with Gasteiger partial charge in [0.2, 0.25) is 11.8 Å². The van der Waals surface area contributed by atoms with E-state index in [1.54, 1.807) is 0 Å². The molecule has 0 unspecified atom stereocenters. The molecule has 0 bridgehead atoms. The number of alkyl halides is 3. The van der Waals surface area contributed by atoms with Crippen LogP contribution >= 0.6 is 11.8 Å². The predicted molar refractivity (Wildman–Crippen MR) is 103 cm³/mol. The number of unbranched alkanes of at least 4 members (excludes halogenated alkanes) is 1. The van der Waals surface area contributed by atoms with Gasteiger partial charge in [-0.25, -0.2) is 0 Å². The van der Waals surface area contributed by atoms with Crippen LogP contribution in [0.3, 0.4) is 0 Å². The van der Waals surface area contributed by atoms with Crippen LogP contribution in [0.4, 0.5) is 24.5 Å². The summed E-state index contributed by atoms with van der Waals surface area (Å²) in [7, 11) is 0. The number of thioether (sulfide) groups is 1. The van der Waals surface area contributed by atoms with Gasteiger partial charge in [-0.2, -0.15) is 13.2 Å². The number of nitrogens with two attached hydrogens (primary N) is 3. The molecule has 28 heavy (non-hydrogen) atoms. The summed E-state index contributed by atoms with van der Waals surface area (Å²) in [6.07, 6.45) is -3.29. The van der Waals surface area contributed by atoms with Gasteiger partial charge in [-0.05, 0) is 25.0 Å². The molecule has 0 radical (unpaired) electrons. The molecule has 158 valence electrons. The van der Waals surface area contributed by atoms with Crippen molar-refractivity contribution in [1.82, 2.24) is 10.7 Å². The van der Waals surface area contributed by atoms with Gasteiger partial charge >= 0.3 is 6.18 Å². The number of carbonyl (C=O) groups is 2. The summed E-state index contributed by atoms with van der Waals surface area (Å²) < 4.78 is 39.3. The minimum atomic E-state index is -4.60. The molecule has 2 amide bonds. The monoisotopic (exact) mass is 422 g/mol. The number of anilines is 2. The maximum absolute atomic E-state index is 13.1. The highest BCUT2D eigenvalue weighted by Gasteiger charge is 2.32. The predicted octanol–water partition coefficient (Wildman–Crippen LogP) is 1.03. The molecule has 12 heteroatoms. The summed E-state index contributed by atoms with van der Waals surface area (Å²) in [5.41, 5.74) is 12.4.